The molecule has 0 aliphatic rings. The van der Waals surface area contributed by atoms with Crippen molar-refractivity contribution in [3.8, 4) is 6.07 Å². The second-order valence-corrected chi connectivity index (χ2v) is 4.31. The number of ether oxygens (including phenoxy) is 2. The lowest BCUT2D eigenvalue weighted by Gasteiger charge is -2.27. The van der Waals surface area contributed by atoms with Crippen molar-refractivity contribution < 1.29 is 9.47 Å². The predicted octanol–water partition coefficient (Wildman–Crippen LogP) is 2.07. The van der Waals surface area contributed by atoms with Gasteiger partial charge in [0.15, 0.2) is 5.54 Å². The van der Waals surface area contributed by atoms with Crippen molar-refractivity contribution in [2.45, 2.75) is 18.9 Å². The van der Waals surface area contributed by atoms with Crippen LogP contribution in [0.4, 0.5) is 0 Å². The lowest BCUT2D eigenvalue weighted by molar-refractivity contribution is 0.0710. The number of nitriles is 1. The number of likely N-dealkylation sites (N-methyl/N-ethyl adjacent to an activating group) is 1. The van der Waals surface area contributed by atoms with E-state index in [1.165, 1.54) is 0 Å². The summed E-state index contributed by atoms with van der Waals surface area (Å²) in [7, 11) is 1.67. The molecule has 0 aromatic heterocycles. The second kappa shape index (κ2) is 8.65. The number of nitrogens with zero attached hydrogens (tertiary/aromatic N) is 1. The molecule has 19 heavy (non-hydrogen) atoms. The highest BCUT2D eigenvalue weighted by Gasteiger charge is 2.31. The number of benzene rings is 1. The molecule has 0 aliphatic carbocycles. The Hall–Kier alpha value is -1.41. The fourth-order valence-electron chi connectivity index (χ4n) is 1.93. The Morgan fingerprint density at radius 2 is 2.00 bits per heavy atom. The molecule has 0 fully saturated rings. The molecule has 0 heterocycles. The molecule has 1 unspecified atom stereocenters. The van der Waals surface area contributed by atoms with Gasteiger partial charge in [-0.25, -0.2) is 0 Å². The van der Waals surface area contributed by atoms with E-state index >= 15 is 0 Å². The van der Waals surface area contributed by atoms with Crippen molar-refractivity contribution in [2.75, 3.05) is 33.5 Å². The molecule has 0 saturated heterocycles. The maximum absolute atomic E-state index is 9.55. The van der Waals surface area contributed by atoms with Crippen LogP contribution in [0, 0.1) is 11.3 Å². The van der Waals surface area contributed by atoms with Crippen molar-refractivity contribution in [3.05, 3.63) is 35.9 Å². The summed E-state index contributed by atoms with van der Waals surface area (Å²) in [4.78, 5) is 0. The van der Waals surface area contributed by atoms with Crippen LogP contribution in [-0.2, 0) is 15.0 Å². The standard InChI is InChI=1S/C15H22N2O2/c1-3-17-15(12-16,13-19-11-7-10-18-2)14-8-5-4-6-9-14/h4-6,8-9,17H,3,7,10-11,13H2,1-2H3. The van der Waals surface area contributed by atoms with E-state index in [-0.39, 0.29) is 0 Å². The van der Waals surface area contributed by atoms with Gasteiger partial charge in [0.2, 0.25) is 0 Å². The Morgan fingerprint density at radius 1 is 1.26 bits per heavy atom. The zero-order valence-corrected chi connectivity index (χ0v) is 11.7. The summed E-state index contributed by atoms with van der Waals surface area (Å²) in [5.41, 5.74) is 0.161. The maximum Gasteiger partial charge on any atom is 0.155 e. The number of nitrogens with one attached hydrogen (secondary N) is 1. The van der Waals surface area contributed by atoms with Gasteiger partial charge >= 0.3 is 0 Å². The van der Waals surface area contributed by atoms with Gasteiger partial charge in [0.1, 0.15) is 0 Å². The van der Waals surface area contributed by atoms with Crippen molar-refractivity contribution in [1.82, 2.24) is 5.32 Å². The summed E-state index contributed by atoms with van der Waals surface area (Å²) in [5.74, 6) is 0. The summed E-state index contributed by atoms with van der Waals surface area (Å²) in [6.07, 6.45) is 0.832. The minimum atomic E-state index is -0.775. The molecule has 0 aliphatic heterocycles. The first-order chi connectivity index (χ1) is 9.29. The van der Waals surface area contributed by atoms with Crippen LogP contribution in [-0.4, -0.2) is 33.5 Å². The minimum absolute atomic E-state index is 0.338. The predicted molar refractivity (Wildman–Crippen MR) is 74.7 cm³/mol. The van der Waals surface area contributed by atoms with Gasteiger partial charge in [0, 0.05) is 20.3 Å². The van der Waals surface area contributed by atoms with Crippen LogP contribution in [0.1, 0.15) is 18.9 Å². The molecule has 1 aromatic rings. The van der Waals surface area contributed by atoms with Gasteiger partial charge in [-0.1, -0.05) is 37.3 Å². The summed E-state index contributed by atoms with van der Waals surface area (Å²) >= 11 is 0. The van der Waals surface area contributed by atoms with E-state index in [2.05, 4.69) is 11.4 Å². The van der Waals surface area contributed by atoms with Gasteiger partial charge in [0.25, 0.3) is 0 Å². The largest absolute Gasteiger partial charge is 0.385 e. The van der Waals surface area contributed by atoms with Crippen molar-refractivity contribution in [2.24, 2.45) is 0 Å². The second-order valence-electron chi connectivity index (χ2n) is 4.31. The molecule has 0 spiro atoms. The van der Waals surface area contributed by atoms with Crippen LogP contribution in [0.25, 0.3) is 0 Å². The van der Waals surface area contributed by atoms with Gasteiger partial charge < -0.3 is 9.47 Å². The highest BCUT2D eigenvalue weighted by atomic mass is 16.5. The maximum atomic E-state index is 9.55. The highest BCUT2D eigenvalue weighted by Crippen LogP contribution is 2.20. The van der Waals surface area contributed by atoms with E-state index in [0.717, 1.165) is 12.0 Å². The van der Waals surface area contributed by atoms with Crippen LogP contribution >= 0.6 is 0 Å². The van der Waals surface area contributed by atoms with E-state index in [4.69, 9.17) is 9.47 Å². The third kappa shape index (κ3) is 4.64. The number of rotatable bonds is 9. The molecule has 1 aromatic carbocycles. The summed E-state index contributed by atoms with van der Waals surface area (Å²) in [6, 6.07) is 12.1. The summed E-state index contributed by atoms with van der Waals surface area (Å²) < 4.78 is 10.6. The zero-order chi connectivity index (χ0) is 14.0. The van der Waals surface area contributed by atoms with Crippen LogP contribution in [0.5, 0.6) is 0 Å². The molecule has 4 heteroatoms. The van der Waals surface area contributed by atoms with Crippen molar-refractivity contribution in [3.63, 3.8) is 0 Å². The van der Waals surface area contributed by atoms with E-state index in [1.54, 1.807) is 7.11 Å². The molecular weight excluding hydrogens is 240 g/mol. The lowest BCUT2D eigenvalue weighted by Crippen LogP contribution is -2.45. The van der Waals surface area contributed by atoms with E-state index in [9.17, 15) is 5.26 Å². The van der Waals surface area contributed by atoms with Gasteiger partial charge in [-0.2, -0.15) is 5.26 Å². The highest BCUT2D eigenvalue weighted by molar-refractivity contribution is 5.31. The fraction of sp³-hybridized carbons (Fsp3) is 0.533. The van der Waals surface area contributed by atoms with Crippen LogP contribution in [0.3, 0.4) is 0 Å². The van der Waals surface area contributed by atoms with Crippen LogP contribution < -0.4 is 5.32 Å². The molecule has 1 rings (SSSR count). The third-order valence-corrected chi connectivity index (χ3v) is 2.89. The van der Waals surface area contributed by atoms with E-state index in [1.807, 2.05) is 37.3 Å². The molecule has 4 nitrogen and oxygen atoms in total. The smallest absolute Gasteiger partial charge is 0.155 e. The Kier molecular flexibility index (Phi) is 7.12. The lowest BCUT2D eigenvalue weighted by atomic mass is 9.92. The molecule has 0 bridgehead atoms. The summed E-state index contributed by atoms with van der Waals surface area (Å²) in [6.45, 7) is 4.30. The summed E-state index contributed by atoms with van der Waals surface area (Å²) in [5, 5.41) is 12.8. The first-order valence-corrected chi connectivity index (χ1v) is 6.57. The van der Waals surface area contributed by atoms with Gasteiger partial charge in [0.05, 0.1) is 12.7 Å². The van der Waals surface area contributed by atoms with Crippen LogP contribution in [0.15, 0.2) is 30.3 Å². The molecule has 1 atom stereocenters. The number of hydrogen-bond donors (Lipinski definition) is 1. The number of hydrogen-bond acceptors (Lipinski definition) is 4. The molecule has 104 valence electrons. The molecule has 1 N–H and O–H groups in total. The Morgan fingerprint density at radius 3 is 2.58 bits per heavy atom. The third-order valence-electron chi connectivity index (χ3n) is 2.89. The Labute approximate surface area is 115 Å². The van der Waals surface area contributed by atoms with Gasteiger partial charge in [-0.15, -0.1) is 0 Å². The average molecular weight is 262 g/mol. The minimum Gasteiger partial charge on any atom is -0.385 e. The van der Waals surface area contributed by atoms with E-state index in [0.29, 0.717) is 26.4 Å². The van der Waals surface area contributed by atoms with E-state index < -0.39 is 5.54 Å². The quantitative estimate of drug-likeness (QED) is 0.692. The zero-order valence-electron chi connectivity index (χ0n) is 11.7. The molecule has 0 amide bonds. The normalized spacial score (nSPS) is 13.7. The monoisotopic (exact) mass is 262 g/mol. The van der Waals surface area contributed by atoms with Crippen LogP contribution in [0.2, 0.25) is 0 Å². The van der Waals surface area contributed by atoms with Gasteiger partial charge in [-0.05, 0) is 18.5 Å². The molecule has 0 saturated carbocycles. The SMILES string of the molecule is CCNC(C#N)(COCCCOC)c1ccccc1. The Balaban J connectivity index is 2.68. The first-order valence-electron chi connectivity index (χ1n) is 6.57. The average Bonchev–Trinajstić information content (AvgIpc) is 2.47. The molecule has 0 radical (unpaired) electrons. The fourth-order valence-corrected chi connectivity index (χ4v) is 1.93. The first kappa shape index (κ1) is 15.6. The van der Waals surface area contributed by atoms with Gasteiger partial charge in [-0.3, -0.25) is 5.32 Å². The topological polar surface area (TPSA) is 54.3 Å². The molecular formula is C15H22N2O2. The number of methoxy groups -OCH3 is 1. The Bertz CT molecular complexity index is 389. The van der Waals surface area contributed by atoms with Crippen molar-refractivity contribution >= 4 is 0 Å². The van der Waals surface area contributed by atoms with Crippen molar-refractivity contribution in [1.29, 1.82) is 5.26 Å².